The number of carbonyl (C=O) groups is 1. The number of amides is 2. The largest absolute Gasteiger partial charge is 0.337 e. The monoisotopic (exact) mass is 430 g/mol. The van der Waals surface area contributed by atoms with E-state index in [1.165, 1.54) is 0 Å². The maximum absolute atomic E-state index is 12.2. The first-order valence-corrected chi connectivity index (χ1v) is 11.2. The second-order valence-corrected chi connectivity index (χ2v) is 8.76. The van der Waals surface area contributed by atoms with Crippen molar-refractivity contribution < 1.29 is 4.79 Å². The quantitative estimate of drug-likeness (QED) is 0.288. The number of carbonyl (C=O) groups excluding carboxylic acids is 1. The molecule has 0 aliphatic rings. The third kappa shape index (κ3) is 3.72. The Morgan fingerprint density at radius 1 is 0.967 bits per heavy atom. The molecule has 3 N–H and O–H groups in total. The predicted octanol–water partition coefficient (Wildman–Crippen LogP) is 6.97. The Labute approximate surface area is 181 Å². The summed E-state index contributed by atoms with van der Waals surface area (Å²) in [5.41, 5.74) is 5.79. The van der Waals surface area contributed by atoms with Gasteiger partial charge in [-0.15, -0.1) is 11.3 Å². The van der Waals surface area contributed by atoms with Gasteiger partial charge in [0.15, 0.2) is 0 Å². The van der Waals surface area contributed by atoms with Gasteiger partial charge in [0.25, 0.3) is 0 Å². The average molecular weight is 431 g/mol. The Morgan fingerprint density at radius 2 is 1.80 bits per heavy atom. The average Bonchev–Trinajstić information content (AvgIpc) is 3.49. The molecular weight excluding hydrogens is 412 g/mol. The number of benzene rings is 2. The second-order valence-electron chi connectivity index (χ2n) is 6.89. The summed E-state index contributed by atoms with van der Waals surface area (Å²) in [6.07, 6.45) is 0. The first kappa shape index (κ1) is 18.6. The normalized spacial score (nSPS) is 11.0. The molecule has 0 unspecified atom stereocenters. The van der Waals surface area contributed by atoms with Gasteiger partial charge in [-0.3, -0.25) is 0 Å². The third-order valence-electron chi connectivity index (χ3n) is 4.74. The van der Waals surface area contributed by atoms with E-state index in [-0.39, 0.29) is 6.03 Å². The number of urea groups is 1. The standard InChI is InChI=1S/C23H18N4OS2/c1-14-4-2-7-18-21(14)27-22(26-18)20-9-8-19(30-20)15-5-3-6-16(12-15)24-23(28)25-17-10-11-29-13-17/h2-13H,1H3,(H,26,27)(H2,24,25,28). The Morgan fingerprint density at radius 3 is 2.63 bits per heavy atom. The van der Waals surface area contributed by atoms with Gasteiger partial charge in [0.2, 0.25) is 0 Å². The van der Waals surface area contributed by atoms with Gasteiger partial charge in [-0.1, -0.05) is 24.3 Å². The van der Waals surface area contributed by atoms with Crippen molar-refractivity contribution in [3.8, 4) is 21.1 Å². The molecule has 3 aromatic heterocycles. The smallest absolute Gasteiger partial charge is 0.323 e. The molecule has 0 aliphatic heterocycles. The first-order chi connectivity index (χ1) is 14.7. The number of imidazole rings is 1. The lowest BCUT2D eigenvalue weighted by molar-refractivity contribution is 0.262. The number of aromatic amines is 1. The molecule has 7 heteroatoms. The lowest BCUT2D eigenvalue weighted by Gasteiger charge is -2.07. The van der Waals surface area contributed by atoms with Crippen LogP contribution in [0.15, 0.2) is 71.4 Å². The SMILES string of the molecule is Cc1cccc2[nH]c(-c3ccc(-c4cccc(NC(=O)Nc5ccsc5)c4)s3)nc12. The number of anilines is 2. The zero-order valence-corrected chi connectivity index (χ0v) is 17.7. The van der Waals surface area contributed by atoms with E-state index in [0.29, 0.717) is 0 Å². The van der Waals surface area contributed by atoms with Gasteiger partial charge in [-0.25, -0.2) is 9.78 Å². The van der Waals surface area contributed by atoms with Crippen LogP contribution in [0, 0.1) is 6.92 Å². The molecular formula is C23H18N4OS2. The zero-order chi connectivity index (χ0) is 20.5. The Hall–Kier alpha value is -3.42. The topological polar surface area (TPSA) is 69.8 Å². The van der Waals surface area contributed by atoms with Crippen LogP contribution in [0.25, 0.3) is 32.2 Å². The lowest BCUT2D eigenvalue weighted by Crippen LogP contribution is -2.18. The van der Waals surface area contributed by atoms with Crippen molar-refractivity contribution in [2.75, 3.05) is 10.6 Å². The number of nitrogens with one attached hydrogen (secondary N) is 3. The van der Waals surface area contributed by atoms with Crippen LogP contribution in [0.1, 0.15) is 5.56 Å². The van der Waals surface area contributed by atoms with Crippen LogP contribution in [0.4, 0.5) is 16.2 Å². The molecule has 0 saturated carbocycles. The van der Waals surface area contributed by atoms with Crippen LogP contribution < -0.4 is 10.6 Å². The minimum absolute atomic E-state index is 0.255. The molecule has 148 valence electrons. The molecule has 0 fully saturated rings. The zero-order valence-electron chi connectivity index (χ0n) is 16.1. The first-order valence-electron chi connectivity index (χ1n) is 9.42. The number of aromatic nitrogens is 2. The van der Waals surface area contributed by atoms with Crippen LogP contribution in [0.3, 0.4) is 0 Å². The fraction of sp³-hybridized carbons (Fsp3) is 0.0435. The van der Waals surface area contributed by atoms with E-state index in [2.05, 4.69) is 40.7 Å². The van der Waals surface area contributed by atoms with Crippen molar-refractivity contribution in [1.82, 2.24) is 9.97 Å². The number of hydrogen-bond donors (Lipinski definition) is 3. The van der Waals surface area contributed by atoms with E-state index in [1.54, 1.807) is 22.7 Å². The van der Waals surface area contributed by atoms with E-state index < -0.39 is 0 Å². The summed E-state index contributed by atoms with van der Waals surface area (Å²) in [6.45, 7) is 2.07. The summed E-state index contributed by atoms with van der Waals surface area (Å²) in [5, 5.41) is 9.53. The summed E-state index contributed by atoms with van der Waals surface area (Å²) >= 11 is 3.21. The minimum Gasteiger partial charge on any atom is -0.337 e. The molecule has 2 aromatic carbocycles. The fourth-order valence-electron chi connectivity index (χ4n) is 3.29. The van der Waals surface area contributed by atoms with Gasteiger partial charge in [0.1, 0.15) is 5.82 Å². The molecule has 3 heterocycles. The van der Waals surface area contributed by atoms with Gasteiger partial charge < -0.3 is 15.6 Å². The van der Waals surface area contributed by atoms with E-state index in [9.17, 15) is 4.79 Å². The number of H-pyrrole nitrogens is 1. The van der Waals surface area contributed by atoms with Crippen LogP contribution in [0.2, 0.25) is 0 Å². The highest BCUT2D eigenvalue weighted by Crippen LogP contribution is 2.35. The van der Waals surface area contributed by atoms with Gasteiger partial charge in [-0.05, 0) is 59.8 Å². The summed E-state index contributed by atoms with van der Waals surface area (Å²) < 4.78 is 0. The van der Waals surface area contributed by atoms with Crippen molar-refractivity contribution in [2.45, 2.75) is 6.92 Å². The minimum atomic E-state index is -0.255. The van der Waals surface area contributed by atoms with Crippen molar-refractivity contribution in [1.29, 1.82) is 0 Å². The molecule has 0 saturated heterocycles. The van der Waals surface area contributed by atoms with Gasteiger partial charge in [0.05, 0.1) is 21.6 Å². The van der Waals surface area contributed by atoms with Crippen molar-refractivity contribution in [2.24, 2.45) is 0 Å². The Balaban J connectivity index is 1.37. The highest BCUT2D eigenvalue weighted by molar-refractivity contribution is 7.18. The van der Waals surface area contributed by atoms with E-state index >= 15 is 0 Å². The molecule has 0 radical (unpaired) electrons. The van der Waals surface area contributed by atoms with E-state index in [4.69, 9.17) is 4.98 Å². The lowest BCUT2D eigenvalue weighted by atomic mass is 10.1. The molecule has 30 heavy (non-hydrogen) atoms. The highest BCUT2D eigenvalue weighted by atomic mass is 32.1. The Bertz CT molecular complexity index is 1330. The number of hydrogen-bond acceptors (Lipinski definition) is 4. The summed E-state index contributed by atoms with van der Waals surface area (Å²) in [4.78, 5) is 22.6. The number of aryl methyl sites for hydroxylation is 1. The van der Waals surface area contributed by atoms with E-state index in [1.807, 2.05) is 53.2 Å². The van der Waals surface area contributed by atoms with Gasteiger partial charge >= 0.3 is 6.03 Å². The van der Waals surface area contributed by atoms with Gasteiger partial charge in [-0.2, -0.15) is 11.3 Å². The summed E-state index contributed by atoms with van der Waals surface area (Å²) in [7, 11) is 0. The van der Waals surface area contributed by atoms with Gasteiger partial charge in [0, 0.05) is 15.9 Å². The Kier molecular flexibility index (Phi) is 4.82. The van der Waals surface area contributed by atoms with Crippen LogP contribution in [-0.4, -0.2) is 16.0 Å². The molecule has 5 rings (SSSR count). The molecule has 5 aromatic rings. The molecule has 0 atom stereocenters. The molecule has 0 aliphatic carbocycles. The summed E-state index contributed by atoms with van der Waals surface area (Å²) in [5.74, 6) is 0.875. The molecule has 2 amide bonds. The van der Waals surface area contributed by atoms with E-state index in [0.717, 1.165) is 49.1 Å². The van der Waals surface area contributed by atoms with Crippen molar-refractivity contribution in [3.63, 3.8) is 0 Å². The van der Waals surface area contributed by atoms with Crippen molar-refractivity contribution in [3.05, 3.63) is 77.0 Å². The predicted molar refractivity (Wildman–Crippen MR) is 127 cm³/mol. The maximum Gasteiger partial charge on any atom is 0.323 e. The number of nitrogens with zero attached hydrogens (tertiary/aromatic N) is 1. The number of thiophene rings is 2. The maximum atomic E-state index is 12.2. The fourth-order valence-corrected chi connectivity index (χ4v) is 4.83. The molecule has 5 nitrogen and oxygen atoms in total. The van der Waals surface area contributed by atoms with Crippen LogP contribution in [0.5, 0.6) is 0 Å². The van der Waals surface area contributed by atoms with Crippen LogP contribution in [-0.2, 0) is 0 Å². The third-order valence-corrected chi connectivity index (χ3v) is 6.56. The van der Waals surface area contributed by atoms with Crippen molar-refractivity contribution >= 4 is 51.1 Å². The van der Waals surface area contributed by atoms with Crippen LogP contribution >= 0.6 is 22.7 Å². The summed E-state index contributed by atoms with van der Waals surface area (Å²) in [6, 6.07) is 19.8. The second kappa shape index (κ2) is 7.78. The number of para-hydroxylation sites is 1. The molecule has 0 bridgehead atoms. The molecule has 0 spiro atoms. The number of rotatable bonds is 4. The highest BCUT2D eigenvalue weighted by Gasteiger charge is 2.11. The number of fused-ring (bicyclic) bond motifs is 1.